The summed E-state index contributed by atoms with van der Waals surface area (Å²) < 4.78 is 0. The van der Waals surface area contributed by atoms with Crippen molar-refractivity contribution in [2.24, 2.45) is 0 Å². The van der Waals surface area contributed by atoms with Crippen LogP contribution in [-0.2, 0) is 5.41 Å². The topological polar surface area (TPSA) is 94.8 Å². The van der Waals surface area contributed by atoms with Crippen LogP contribution < -0.4 is 0 Å². The Morgan fingerprint density at radius 3 is 1.94 bits per heavy atom. The van der Waals surface area contributed by atoms with E-state index in [0.717, 1.165) is 6.07 Å². The van der Waals surface area contributed by atoms with Gasteiger partial charge in [0.1, 0.15) is 11.3 Å². The quantitative estimate of drug-likeness (QED) is 0.733. The van der Waals surface area contributed by atoms with Crippen LogP contribution in [0.1, 0.15) is 47.1 Å². The minimum atomic E-state index is -1.35. The first-order valence-electron chi connectivity index (χ1n) is 4.98. The molecule has 0 aliphatic heterocycles. The first-order valence-corrected chi connectivity index (χ1v) is 4.98. The molecule has 92 valence electrons. The van der Waals surface area contributed by atoms with E-state index in [1.807, 2.05) is 0 Å². The van der Waals surface area contributed by atoms with E-state index in [1.54, 1.807) is 20.8 Å². The van der Waals surface area contributed by atoms with Gasteiger partial charge in [-0.05, 0) is 17.5 Å². The number of carboxylic acids is 2. The normalized spacial score (nSPS) is 11.2. The lowest BCUT2D eigenvalue weighted by Crippen LogP contribution is -2.15. The van der Waals surface area contributed by atoms with Gasteiger partial charge in [-0.3, -0.25) is 0 Å². The predicted octanol–water partition coefficient (Wildman–Crippen LogP) is 2.09. The van der Waals surface area contributed by atoms with Crippen LogP contribution in [0, 0.1) is 0 Å². The Kier molecular flexibility index (Phi) is 3.13. The molecular formula is C12H14O5. The van der Waals surface area contributed by atoms with Gasteiger partial charge in [-0.1, -0.05) is 20.8 Å². The molecule has 1 rings (SSSR count). The largest absolute Gasteiger partial charge is 0.507 e. The van der Waals surface area contributed by atoms with Crippen molar-refractivity contribution in [1.29, 1.82) is 0 Å². The Hall–Kier alpha value is -2.04. The Bertz CT molecular complexity index is 482. The van der Waals surface area contributed by atoms with Crippen LogP contribution >= 0.6 is 0 Å². The minimum Gasteiger partial charge on any atom is -0.507 e. The third-order valence-electron chi connectivity index (χ3n) is 2.40. The fraction of sp³-hybridized carbons (Fsp3) is 0.333. The van der Waals surface area contributed by atoms with Crippen LogP contribution in [0.3, 0.4) is 0 Å². The molecule has 17 heavy (non-hydrogen) atoms. The number of hydrogen-bond acceptors (Lipinski definition) is 3. The highest BCUT2D eigenvalue weighted by atomic mass is 16.4. The Balaban J connectivity index is 3.60. The molecule has 0 unspecified atom stereocenters. The van der Waals surface area contributed by atoms with Gasteiger partial charge in [0, 0.05) is 5.56 Å². The number of aromatic hydroxyl groups is 1. The molecule has 0 radical (unpaired) electrons. The second kappa shape index (κ2) is 4.08. The van der Waals surface area contributed by atoms with E-state index in [-0.39, 0.29) is 11.3 Å². The summed E-state index contributed by atoms with van der Waals surface area (Å²) in [6.45, 7) is 5.29. The highest BCUT2D eigenvalue weighted by Gasteiger charge is 2.25. The Morgan fingerprint density at radius 2 is 1.59 bits per heavy atom. The molecule has 0 bridgehead atoms. The van der Waals surface area contributed by atoms with Crippen LogP contribution in [0.15, 0.2) is 12.1 Å². The predicted molar refractivity (Wildman–Crippen MR) is 60.7 cm³/mol. The zero-order valence-corrected chi connectivity index (χ0v) is 9.81. The maximum Gasteiger partial charge on any atom is 0.339 e. The zero-order valence-electron chi connectivity index (χ0n) is 9.81. The number of hydrogen-bond donors (Lipinski definition) is 3. The van der Waals surface area contributed by atoms with Crippen LogP contribution in [-0.4, -0.2) is 27.3 Å². The number of carboxylic acid groups (broad SMARTS) is 2. The molecule has 0 fully saturated rings. The van der Waals surface area contributed by atoms with Gasteiger partial charge < -0.3 is 15.3 Å². The van der Waals surface area contributed by atoms with Crippen molar-refractivity contribution in [3.63, 3.8) is 0 Å². The molecule has 0 aromatic heterocycles. The molecule has 0 spiro atoms. The lowest BCUT2D eigenvalue weighted by atomic mass is 9.84. The van der Waals surface area contributed by atoms with Crippen molar-refractivity contribution in [1.82, 2.24) is 0 Å². The van der Waals surface area contributed by atoms with Gasteiger partial charge in [0.15, 0.2) is 0 Å². The first-order chi connectivity index (χ1) is 7.64. The second-order valence-corrected chi connectivity index (χ2v) is 4.78. The van der Waals surface area contributed by atoms with Crippen molar-refractivity contribution < 1.29 is 24.9 Å². The third kappa shape index (κ3) is 2.55. The van der Waals surface area contributed by atoms with Crippen molar-refractivity contribution in [2.75, 3.05) is 0 Å². The molecule has 0 aliphatic rings. The molecule has 0 atom stereocenters. The number of rotatable bonds is 2. The fourth-order valence-electron chi connectivity index (χ4n) is 1.49. The summed E-state index contributed by atoms with van der Waals surface area (Å²) >= 11 is 0. The van der Waals surface area contributed by atoms with Crippen molar-refractivity contribution in [3.8, 4) is 5.75 Å². The molecule has 1 aromatic rings. The van der Waals surface area contributed by atoms with Crippen molar-refractivity contribution in [3.05, 3.63) is 28.8 Å². The van der Waals surface area contributed by atoms with Gasteiger partial charge in [-0.25, -0.2) is 9.59 Å². The lowest BCUT2D eigenvalue weighted by molar-refractivity contribution is 0.0693. The summed E-state index contributed by atoms with van der Waals surface area (Å²) in [6, 6.07) is 2.25. The maximum atomic E-state index is 10.9. The highest BCUT2D eigenvalue weighted by Crippen LogP contribution is 2.34. The van der Waals surface area contributed by atoms with Crippen LogP contribution in [0.25, 0.3) is 0 Å². The number of benzene rings is 1. The first kappa shape index (κ1) is 13.0. The standard InChI is InChI=1S/C12H14O5/c1-12(2,3)8-5-6(10(14)15)4-7(9(8)13)11(16)17/h4-5,13H,1-3H3,(H,14,15)(H,16,17). The van der Waals surface area contributed by atoms with E-state index in [9.17, 15) is 14.7 Å². The SMILES string of the molecule is CC(C)(C)c1cc(C(=O)O)cc(C(=O)O)c1O. The average Bonchev–Trinajstić information content (AvgIpc) is 2.15. The molecule has 1 aromatic carbocycles. The minimum absolute atomic E-state index is 0.148. The molecule has 0 saturated heterocycles. The van der Waals surface area contributed by atoms with Crippen molar-refractivity contribution >= 4 is 11.9 Å². The van der Waals surface area contributed by atoms with Gasteiger partial charge in [-0.2, -0.15) is 0 Å². The summed E-state index contributed by atoms with van der Waals surface area (Å²) in [5.74, 6) is -2.95. The van der Waals surface area contributed by atoms with Crippen LogP contribution in [0.5, 0.6) is 5.75 Å². The van der Waals surface area contributed by atoms with Gasteiger partial charge in [0.25, 0.3) is 0 Å². The summed E-state index contributed by atoms with van der Waals surface area (Å²) in [5.41, 5.74) is -0.783. The molecule has 5 nitrogen and oxygen atoms in total. The number of carbonyl (C=O) groups is 2. The number of aromatic carboxylic acids is 2. The van der Waals surface area contributed by atoms with Crippen LogP contribution in [0.2, 0.25) is 0 Å². The Labute approximate surface area is 98.3 Å². The van der Waals surface area contributed by atoms with Gasteiger partial charge >= 0.3 is 11.9 Å². The maximum absolute atomic E-state index is 10.9. The monoisotopic (exact) mass is 238 g/mol. The van der Waals surface area contributed by atoms with Gasteiger partial charge in [-0.15, -0.1) is 0 Å². The fourth-order valence-corrected chi connectivity index (χ4v) is 1.49. The molecule has 3 N–H and O–H groups in total. The molecule has 0 heterocycles. The summed E-state index contributed by atoms with van der Waals surface area (Å²) in [6.07, 6.45) is 0. The van der Waals surface area contributed by atoms with E-state index in [1.165, 1.54) is 6.07 Å². The second-order valence-electron chi connectivity index (χ2n) is 4.78. The smallest absolute Gasteiger partial charge is 0.339 e. The third-order valence-corrected chi connectivity index (χ3v) is 2.40. The van der Waals surface area contributed by atoms with Gasteiger partial charge in [0.2, 0.25) is 0 Å². The number of phenols is 1. The van der Waals surface area contributed by atoms with E-state index in [0.29, 0.717) is 5.56 Å². The van der Waals surface area contributed by atoms with Crippen molar-refractivity contribution in [2.45, 2.75) is 26.2 Å². The Morgan fingerprint density at radius 1 is 1.06 bits per heavy atom. The molecule has 5 heteroatoms. The van der Waals surface area contributed by atoms with Crippen LogP contribution in [0.4, 0.5) is 0 Å². The van der Waals surface area contributed by atoms with E-state index >= 15 is 0 Å². The molecule has 0 saturated carbocycles. The summed E-state index contributed by atoms with van der Waals surface area (Å²) in [4.78, 5) is 21.8. The average molecular weight is 238 g/mol. The summed E-state index contributed by atoms with van der Waals surface area (Å²) in [7, 11) is 0. The van der Waals surface area contributed by atoms with Gasteiger partial charge in [0.05, 0.1) is 5.56 Å². The van der Waals surface area contributed by atoms with E-state index in [2.05, 4.69) is 0 Å². The summed E-state index contributed by atoms with van der Waals surface area (Å²) in [5, 5.41) is 27.6. The zero-order chi connectivity index (χ0) is 13.4. The lowest BCUT2D eigenvalue weighted by Gasteiger charge is -2.21. The van der Waals surface area contributed by atoms with E-state index in [4.69, 9.17) is 10.2 Å². The van der Waals surface area contributed by atoms with E-state index < -0.39 is 22.9 Å². The highest BCUT2D eigenvalue weighted by molar-refractivity contribution is 5.96. The molecular weight excluding hydrogens is 224 g/mol. The molecule has 0 aliphatic carbocycles. The molecule has 0 amide bonds.